The van der Waals surface area contributed by atoms with E-state index in [2.05, 4.69) is 41.7 Å². The van der Waals surface area contributed by atoms with Gasteiger partial charge in [0.2, 0.25) is 0 Å². The van der Waals surface area contributed by atoms with Gasteiger partial charge in [0.15, 0.2) is 0 Å². The van der Waals surface area contributed by atoms with Crippen molar-refractivity contribution >= 4 is 11.3 Å². The van der Waals surface area contributed by atoms with Gasteiger partial charge in [-0.3, -0.25) is 4.90 Å². The van der Waals surface area contributed by atoms with Crippen LogP contribution in [0.25, 0.3) is 0 Å². The number of hydrogen-bond acceptors (Lipinski definition) is 4. The molecular formula is C12H20N2OS. The van der Waals surface area contributed by atoms with Crippen molar-refractivity contribution in [3.63, 3.8) is 0 Å². The van der Waals surface area contributed by atoms with E-state index < -0.39 is 0 Å². The number of thiophene rings is 1. The highest BCUT2D eigenvalue weighted by atomic mass is 32.1. The number of ether oxygens (including phenoxy) is 1. The van der Waals surface area contributed by atoms with Crippen molar-refractivity contribution in [1.29, 1.82) is 0 Å². The van der Waals surface area contributed by atoms with Gasteiger partial charge >= 0.3 is 0 Å². The molecule has 1 aromatic rings. The second-order valence-corrected chi connectivity index (χ2v) is 5.34. The van der Waals surface area contributed by atoms with Crippen LogP contribution in [0.4, 0.5) is 0 Å². The topological polar surface area (TPSA) is 24.5 Å². The SMILES string of the molecule is CC(c1cccs1)N(C)CC1COCCN1. The number of nitrogens with one attached hydrogen (secondary N) is 1. The Morgan fingerprint density at radius 2 is 2.56 bits per heavy atom. The average molecular weight is 240 g/mol. The highest BCUT2D eigenvalue weighted by Gasteiger charge is 2.19. The van der Waals surface area contributed by atoms with Crippen LogP contribution in [0.15, 0.2) is 17.5 Å². The van der Waals surface area contributed by atoms with Crippen molar-refractivity contribution in [1.82, 2.24) is 10.2 Å². The quantitative estimate of drug-likeness (QED) is 0.867. The molecule has 1 N–H and O–H groups in total. The Bertz CT molecular complexity index is 296. The monoisotopic (exact) mass is 240 g/mol. The Balaban J connectivity index is 1.84. The molecule has 2 unspecified atom stereocenters. The van der Waals surface area contributed by atoms with Crippen molar-refractivity contribution in [2.45, 2.75) is 19.0 Å². The van der Waals surface area contributed by atoms with Crippen LogP contribution in [0.3, 0.4) is 0 Å². The van der Waals surface area contributed by atoms with E-state index in [4.69, 9.17) is 4.74 Å². The van der Waals surface area contributed by atoms with Gasteiger partial charge in [0.1, 0.15) is 0 Å². The minimum absolute atomic E-state index is 0.473. The van der Waals surface area contributed by atoms with Crippen LogP contribution < -0.4 is 5.32 Å². The van der Waals surface area contributed by atoms with Crippen LogP contribution in [0.5, 0.6) is 0 Å². The number of likely N-dealkylation sites (N-methyl/N-ethyl adjacent to an activating group) is 1. The Morgan fingerprint density at radius 3 is 3.19 bits per heavy atom. The fourth-order valence-electron chi connectivity index (χ4n) is 1.99. The third kappa shape index (κ3) is 3.04. The molecule has 0 aliphatic carbocycles. The summed E-state index contributed by atoms with van der Waals surface area (Å²) in [6.45, 7) is 5.96. The van der Waals surface area contributed by atoms with Crippen LogP contribution in [0, 0.1) is 0 Å². The summed E-state index contributed by atoms with van der Waals surface area (Å²) in [5.74, 6) is 0. The first-order valence-corrected chi connectivity index (χ1v) is 6.70. The molecule has 3 nitrogen and oxygen atoms in total. The zero-order valence-electron chi connectivity index (χ0n) is 9.98. The Labute approximate surface area is 101 Å². The summed E-state index contributed by atoms with van der Waals surface area (Å²) < 4.78 is 5.47. The van der Waals surface area contributed by atoms with E-state index in [-0.39, 0.29) is 0 Å². The molecule has 2 atom stereocenters. The van der Waals surface area contributed by atoms with Gasteiger partial charge in [-0.25, -0.2) is 0 Å². The molecule has 1 aliphatic heterocycles. The average Bonchev–Trinajstić information content (AvgIpc) is 2.83. The normalized spacial score (nSPS) is 23.6. The van der Waals surface area contributed by atoms with Crippen molar-refractivity contribution in [2.75, 3.05) is 33.4 Å². The fraction of sp³-hybridized carbons (Fsp3) is 0.667. The van der Waals surface area contributed by atoms with Gasteiger partial charge in [0.05, 0.1) is 13.2 Å². The fourth-order valence-corrected chi connectivity index (χ4v) is 2.84. The summed E-state index contributed by atoms with van der Waals surface area (Å²) in [4.78, 5) is 3.82. The molecule has 90 valence electrons. The second kappa shape index (κ2) is 5.77. The van der Waals surface area contributed by atoms with E-state index in [0.29, 0.717) is 12.1 Å². The third-order valence-electron chi connectivity index (χ3n) is 3.12. The highest BCUT2D eigenvalue weighted by molar-refractivity contribution is 7.10. The lowest BCUT2D eigenvalue weighted by Gasteiger charge is -2.31. The van der Waals surface area contributed by atoms with Crippen LogP contribution in [-0.2, 0) is 4.74 Å². The zero-order chi connectivity index (χ0) is 11.4. The first-order valence-electron chi connectivity index (χ1n) is 5.82. The molecular weight excluding hydrogens is 220 g/mol. The van der Waals surface area contributed by atoms with E-state index in [1.165, 1.54) is 4.88 Å². The van der Waals surface area contributed by atoms with Crippen molar-refractivity contribution < 1.29 is 4.74 Å². The van der Waals surface area contributed by atoms with Gasteiger partial charge in [0.25, 0.3) is 0 Å². The molecule has 1 aromatic heterocycles. The molecule has 16 heavy (non-hydrogen) atoms. The van der Waals surface area contributed by atoms with Gasteiger partial charge in [0, 0.05) is 30.1 Å². The smallest absolute Gasteiger partial charge is 0.0632 e. The van der Waals surface area contributed by atoms with E-state index in [1.54, 1.807) is 0 Å². The summed E-state index contributed by atoms with van der Waals surface area (Å²) in [6, 6.07) is 5.29. The summed E-state index contributed by atoms with van der Waals surface area (Å²) >= 11 is 1.83. The molecule has 1 aliphatic rings. The highest BCUT2D eigenvalue weighted by Crippen LogP contribution is 2.23. The molecule has 0 amide bonds. The van der Waals surface area contributed by atoms with E-state index in [0.717, 1.165) is 26.3 Å². The van der Waals surface area contributed by atoms with Crippen LogP contribution in [0.2, 0.25) is 0 Å². The molecule has 2 heterocycles. The number of nitrogens with zero attached hydrogens (tertiary/aromatic N) is 1. The third-order valence-corrected chi connectivity index (χ3v) is 4.17. The number of morpholine rings is 1. The lowest BCUT2D eigenvalue weighted by Crippen LogP contribution is -2.47. The summed E-state index contributed by atoms with van der Waals surface area (Å²) in [6.07, 6.45) is 0. The first kappa shape index (κ1) is 12.0. The van der Waals surface area contributed by atoms with Gasteiger partial charge in [-0.15, -0.1) is 11.3 Å². The van der Waals surface area contributed by atoms with Crippen LogP contribution in [0.1, 0.15) is 17.8 Å². The lowest BCUT2D eigenvalue weighted by molar-refractivity contribution is 0.0608. The van der Waals surface area contributed by atoms with Crippen molar-refractivity contribution in [2.24, 2.45) is 0 Å². The summed E-state index contributed by atoms with van der Waals surface area (Å²) in [7, 11) is 2.18. The maximum Gasteiger partial charge on any atom is 0.0632 e. The Kier molecular flexibility index (Phi) is 4.35. The largest absolute Gasteiger partial charge is 0.378 e. The van der Waals surface area contributed by atoms with Gasteiger partial charge in [-0.05, 0) is 25.4 Å². The van der Waals surface area contributed by atoms with E-state index in [1.807, 2.05) is 11.3 Å². The number of hydrogen-bond donors (Lipinski definition) is 1. The summed E-state index contributed by atoms with van der Waals surface area (Å²) in [5, 5.41) is 5.63. The second-order valence-electron chi connectivity index (χ2n) is 4.36. The van der Waals surface area contributed by atoms with Gasteiger partial charge in [-0.1, -0.05) is 6.07 Å². The standard InChI is InChI=1S/C12H20N2OS/c1-10(12-4-3-7-16-12)14(2)8-11-9-15-6-5-13-11/h3-4,7,10-11,13H,5-6,8-9H2,1-2H3. The predicted octanol–water partition coefficient (Wildman–Crippen LogP) is 1.73. The molecule has 0 spiro atoms. The van der Waals surface area contributed by atoms with E-state index in [9.17, 15) is 0 Å². The molecule has 1 fully saturated rings. The van der Waals surface area contributed by atoms with Crippen LogP contribution >= 0.6 is 11.3 Å². The van der Waals surface area contributed by atoms with Crippen molar-refractivity contribution in [3.05, 3.63) is 22.4 Å². The number of rotatable bonds is 4. The minimum Gasteiger partial charge on any atom is -0.378 e. The van der Waals surface area contributed by atoms with Gasteiger partial charge < -0.3 is 10.1 Å². The van der Waals surface area contributed by atoms with Crippen LogP contribution in [-0.4, -0.2) is 44.3 Å². The molecule has 0 radical (unpaired) electrons. The maximum atomic E-state index is 5.47. The maximum absolute atomic E-state index is 5.47. The Morgan fingerprint density at radius 1 is 1.69 bits per heavy atom. The zero-order valence-corrected chi connectivity index (χ0v) is 10.8. The van der Waals surface area contributed by atoms with Crippen molar-refractivity contribution in [3.8, 4) is 0 Å². The first-order chi connectivity index (χ1) is 7.77. The molecule has 2 rings (SSSR count). The molecule has 0 aromatic carbocycles. The predicted molar refractivity (Wildman–Crippen MR) is 68.0 cm³/mol. The minimum atomic E-state index is 0.473. The van der Waals surface area contributed by atoms with Gasteiger partial charge in [-0.2, -0.15) is 0 Å². The lowest BCUT2D eigenvalue weighted by atomic mass is 10.2. The molecule has 0 saturated carbocycles. The molecule has 4 heteroatoms. The summed E-state index contributed by atoms with van der Waals surface area (Å²) in [5.41, 5.74) is 0. The van der Waals surface area contributed by atoms with E-state index >= 15 is 0 Å². The Hall–Kier alpha value is -0.420. The molecule has 0 bridgehead atoms. The molecule has 1 saturated heterocycles.